The molecule has 0 saturated carbocycles. The fourth-order valence-electron chi connectivity index (χ4n) is 3.29. The van der Waals surface area contributed by atoms with Crippen LogP contribution in [0.15, 0.2) is 30.3 Å². The van der Waals surface area contributed by atoms with Crippen molar-refractivity contribution in [1.29, 1.82) is 0 Å². The molecule has 0 N–H and O–H groups in total. The van der Waals surface area contributed by atoms with Crippen molar-refractivity contribution in [2.24, 2.45) is 0 Å². The first-order valence-corrected chi connectivity index (χ1v) is 9.51. The third-order valence-corrected chi connectivity index (χ3v) is 5.13. The second-order valence-electron chi connectivity index (χ2n) is 6.81. The average Bonchev–Trinajstić information content (AvgIpc) is 2.88. The van der Waals surface area contributed by atoms with Crippen LogP contribution in [0.1, 0.15) is 32.7 Å². The number of ketones is 1. The number of carbonyl (C=O) groups is 3. The summed E-state index contributed by atoms with van der Waals surface area (Å²) in [6.45, 7) is 0.511. The molecule has 2 heterocycles. The van der Waals surface area contributed by atoms with Gasteiger partial charge in [0, 0.05) is 24.7 Å². The summed E-state index contributed by atoms with van der Waals surface area (Å²) < 4.78 is 16.3. The summed E-state index contributed by atoms with van der Waals surface area (Å²) in [5.74, 6) is -0.298. The van der Waals surface area contributed by atoms with Crippen LogP contribution in [0.4, 0.5) is 5.69 Å². The normalized spacial score (nSPS) is 15.0. The van der Waals surface area contributed by atoms with Crippen molar-refractivity contribution >= 4 is 34.9 Å². The third-order valence-electron chi connectivity index (χ3n) is 4.85. The van der Waals surface area contributed by atoms with E-state index >= 15 is 0 Å². The van der Waals surface area contributed by atoms with Gasteiger partial charge in [-0.2, -0.15) is 0 Å². The summed E-state index contributed by atoms with van der Waals surface area (Å²) in [6.07, 6.45) is 0.962. The van der Waals surface area contributed by atoms with E-state index in [1.807, 2.05) is 0 Å². The van der Waals surface area contributed by atoms with Gasteiger partial charge in [0.25, 0.3) is 0 Å². The fraction of sp³-hybridized carbons (Fsp3) is 0.286. The Morgan fingerprint density at radius 1 is 1.14 bits per heavy atom. The molecule has 0 unspecified atom stereocenters. The third kappa shape index (κ3) is 3.78. The maximum atomic E-state index is 12.4. The number of carbonyl (C=O) groups excluding carboxylic acids is 3. The molecule has 0 aliphatic carbocycles. The Bertz CT molecular complexity index is 1020. The van der Waals surface area contributed by atoms with Gasteiger partial charge in [0.2, 0.25) is 5.91 Å². The number of esters is 1. The highest BCUT2D eigenvalue weighted by molar-refractivity contribution is 6.32. The highest BCUT2D eigenvalue weighted by Crippen LogP contribution is 2.38. The number of amides is 1. The molecule has 0 fully saturated rings. The second kappa shape index (κ2) is 7.75. The van der Waals surface area contributed by atoms with Crippen LogP contribution >= 0.6 is 11.6 Å². The van der Waals surface area contributed by atoms with E-state index in [1.165, 1.54) is 12.1 Å². The van der Waals surface area contributed by atoms with Gasteiger partial charge in [0.1, 0.15) is 0 Å². The van der Waals surface area contributed by atoms with Crippen molar-refractivity contribution in [2.75, 3.05) is 31.8 Å². The topological polar surface area (TPSA) is 82.1 Å². The predicted molar refractivity (Wildman–Crippen MR) is 105 cm³/mol. The maximum Gasteiger partial charge on any atom is 0.338 e. The molecule has 1 amide bonds. The Hall–Kier alpha value is -3.06. The number of likely N-dealkylation sites (N-methyl/N-ethyl adjacent to an activating group) is 1. The van der Waals surface area contributed by atoms with Gasteiger partial charge in [-0.1, -0.05) is 11.6 Å². The molecule has 29 heavy (non-hydrogen) atoms. The lowest BCUT2D eigenvalue weighted by atomic mass is 10.1. The minimum Gasteiger partial charge on any atom is -0.489 e. The zero-order valence-corrected chi connectivity index (χ0v) is 16.5. The van der Waals surface area contributed by atoms with E-state index in [4.69, 9.17) is 25.8 Å². The Morgan fingerprint density at radius 3 is 2.76 bits per heavy atom. The molecular weight excluding hydrogens is 398 g/mol. The summed E-state index contributed by atoms with van der Waals surface area (Å²) in [7, 11) is 1.69. The van der Waals surface area contributed by atoms with E-state index in [0.29, 0.717) is 36.7 Å². The number of hydrogen-bond donors (Lipinski definition) is 0. The fourth-order valence-corrected chi connectivity index (χ4v) is 3.56. The second-order valence-corrected chi connectivity index (χ2v) is 7.22. The number of anilines is 1. The summed E-state index contributed by atoms with van der Waals surface area (Å²) in [5, 5.41) is 0.245. The number of rotatable bonds is 4. The number of nitrogens with zero attached hydrogens (tertiary/aromatic N) is 1. The Kier molecular flexibility index (Phi) is 5.15. The molecule has 0 spiro atoms. The predicted octanol–water partition coefficient (Wildman–Crippen LogP) is 3.06. The van der Waals surface area contributed by atoms with Crippen LogP contribution < -0.4 is 14.4 Å². The molecule has 8 heteroatoms. The van der Waals surface area contributed by atoms with Crippen molar-refractivity contribution in [2.45, 2.75) is 12.8 Å². The quantitative estimate of drug-likeness (QED) is 0.564. The minimum atomic E-state index is -0.688. The highest BCUT2D eigenvalue weighted by atomic mass is 35.5. The molecule has 0 saturated heterocycles. The number of benzene rings is 2. The Morgan fingerprint density at radius 2 is 1.93 bits per heavy atom. The zero-order valence-electron chi connectivity index (χ0n) is 15.7. The van der Waals surface area contributed by atoms with Crippen molar-refractivity contribution < 1.29 is 28.6 Å². The van der Waals surface area contributed by atoms with Crippen LogP contribution in [0.3, 0.4) is 0 Å². The first kappa shape index (κ1) is 19.3. The van der Waals surface area contributed by atoms with Crippen LogP contribution in [0.25, 0.3) is 0 Å². The van der Waals surface area contributed by atoms with Gasteiger partial charge in [-0.05, 0) is 35.9 Å². The van der Waals surface area contributed by atoms with E-state index < -0.39 is 12.6 Å². The van der Waals surface area contributed by atoms with Crippen LogP contribution in [0.5, 0.6) is 11.5 Å². The first-order valence-electron chi connectivity index (χ1n) is 9.13. The van der Waals surface area contributed by atoms with Crippen LogP contribution in [-0.4, -0.2) is 44.5 Å². The lowest BCUT2D eigenvalue weighted by Crippen LogP contribution is -2.20. The van der Waals surface area contributed by atoms with Crippen molar-refractivity contribution in [3.05, 3.63) is 52.0 Å². The molecule has 0 aromatic heterocycles. The van der Waals surface area contributed by atoms with Crippen molar-refractivity contribution in [1.82, 2.24) is 0 Å². The van der Waals surface area contributed by atoms with Crippen molar-refractivity contribution in [3.8, 4) is 11.5 Å². The van der Waals surface area contributed by atoms with Gasteiger partial charge < -0.3 is 19.1 Å². The van der Waals surface area contributed by atoms with Gasteiger partial charge in [-0.3, -0.25) is 9.59 Å². The maximum absolute atomic E-state index is 12.4. The lowest BCUT2D eigenvalue weighted by Gasteiger charge is -2.12. The highest BCUT2D eigenvalue weighted by Gasteiger charge is 2.25. The number of Topliss-reactive ketones (excluding diaryl/α,β-unsaturated/α-hetero) is 1. The molecule has 2 aliphatic heterocycles. The van der Waals surface area contributed by atoms with Crippen LogP contribution in [0.2, 0.25) is 5.02 Å². The molecule has 7 nitrogen and oxygen atoms in total. The number of fused-ring (bicyclic) bond motifs is 2. The smallest absolute Gasteiger partial charge is 0.338 e. The molecule has 2 aromatic carbocycles. The summed E-state index contributed by atoms with van der Waals surface area (Å²) in [5.41, 5.74) is 2.12. The van der Waals surface area contributed by atoms with Gasteiger partial charge >= 0.3 is 5.97 Å². The molecule has 150 valence electrons. The van der Waals surface area contributed by atoms with Gasteiger partial charge in [-0.25, -0.2) is 4.79 Å². The van der Waals surface area contributed by atoms with E-state index in [1.54, 1.807) is 30.1 Å². The van der Waals surface area contributed by atoms with Crippen LogP contribution in [0, 0.1) is 0 Å². The van der Waals surface area contributed by atoms with E-state index in [0.717, 1.165) is 11.3 Å². The number of halogens is 1. The van der Waals surface area contributed by atoms with E-state index in [2.05, 4.69) is 0 Å². The SMILES string of the molecule is CN1C(=O)Cc2cc(C(=O)COC(=O)c3cc(Cl)c4c(c3)OCCCO4)ccc21. The number of hydrogen-bond acceptors (Lipinski definition) is 6. The Balaban J connectivity index is 1.44. The molecule has 2 aliphatic rings. The van der Waals surface area contributed by atoms with E-state index in [9.17, 15) is 14.4 Å². The largest absolute Gasteiger partial charge is 0.489 e. The molecule has 0 atom stereocenters. The molecule has 0 bridgehead atoms. The molecule has 0 radical (unpaired) electrons. The Labute approximate surface area is 172 Å². The standard InChI is InChI=1S/C21H18ClNO6/c1-23-16-4-3-12(7-13(16)10-19(23)25)17(24)11-29-21(26)14-8-15(22)20-18(9-14)27-5-2-6-28-20/h3-4,7-9H,2,5-6,10-11H2,1H3. The molecule has 2 aromatic rings. The van der Waals surface area contributed by atoms with Crippen molar-refractivity contribution in [3.63, 3.8) is 0 Å². The number of ether oxygens (including phenoxy) is 3. The molecular formula is C21H18ClNO6. The first-order chi connectivity index (χ1) is 13.9. The summed E-state index contributed by atoms with van der Waals surface area (Å²) >= 11 is 6.19. The van der Waals surface area contributed by atoms with Crippen LogP contribution in [-0.2, 0) is 16.0 Å². The summed E-state index contributed by atoms with van der Waals surface area (Å²) in [6, 6.07) is 7.93. The van der Waals surface area contributed by atoms with E-state index in [-0.39, 0.29) is 28.7 Å². The lowest BCUT2D eigenvalue weighted by molar-refractivity contribution is -0.117. The average molecular weight is 416 g/mol. The summed E-state index contributed by atoms with van der Waals surface area (Å²) in [4.78, 5) is 38.2. The van der Waals surface area contributed by atoms with Gasteiger partial charge in [-0.15, -0.1) is 0 Å². The molecule has 4 rings (SSSR count). The van der Waals surface area contributed by atoms with Gasteiger partial charge in [0.05, 0.1) is 30.2 Å². The monoisotopic (exact) mass is 415 g/mol. The zero-order chi connectivity index (χ0) is 20.5. The minimum absolute atomic E-state index is 0.0256. The van der Waals surface area contributed by atoms with Gasteiger partial charge in [0.15, 0.2) is 23.9 Å².